The van der Waals surface area contributed by atoms with E-state index >= 15 is 0 Å². The van der Waals surface area contributed by atoms with Crippen LogP contribution in [0, 0.1) is 6.92 Å². The number of amides is 1. The Balaban J connectivity index is 1.60. The van der Waals surface area contributed by atoms with E-state index < -0.39 is 12.1 Å². The summed E-state index contributed by atoms with van der Waals surface area (Å²) in [6.07, 6.45) is 1.17. The molecule has 0 aromatic heterocycles. The van der Waals surface area contributed by atoms with Crippen LogP contribution >= 0.6 is 11.8 Å². The Hall–Kier alpha value is -2.60. The number of benzene rings is 2. The zero-order valence-electron chi connectivity index (χ0n) is 15.1. The third kappa shape index (κ3) is 5.20. The van der Waals surface area contributed by atoms with Crippen molar-refractivity contribution in [2.45, 2.75) is 37.2 Å². The van der Waals surface area contributed by atoms with Gasteiger partial charge in [0.15, 0.2) is 11.9 Å². The van der Waals surface area contributed by atoms with Gasteiger partial charge in [0.2, 0.25) is 5.91 Å². The molecule has 0 bridgehead atoms. The molecule has 140 valence electrons. The smallest absolute Gasteiger partial charge is 0.339 e. The molecule has 2 aromatic rings. The number of carbonyl (C=O) groups excluding carboxylic acids is 3. The van der Waals surface area contributed by atoms with Crippen LogP contribution in [0.3, 0.4) is 0 Å². The normalized spacial score (nSPS) is 16.2. The molecule has 1 aliphatic rings. The molecule has 1 N–H and O–H groups in total. The summed E-state index contributed by atoms with van der Waals surface area (Å²) < 4.78 is 5.36. The number of aryl methyl sites for hydroxylation is 1. The first-order valence-electron chi connectivity index (χ1n) is 8.85. The second-order valence-electron chi connectivity index (χ2n) is 6.45. The van der Waals surface area contributed by atoms with Gasteiger partial charge in [-0.15, -0.1) is 11.8 Å². The van der Waals surface area contributed by atoms with Crippen molar-refractivity contribution in [1.29, 1.82) is 0 Å². The van der Waals surface area contributed by atoms with E-state index in [9.17, 15) is 14.4 Å². The highest BCUT2D eigenvalue weighted by Crippen LogP contribution is 2.26. The Kier molecular flexibility index (Phi) is 6.29. The lowest BCUT2D eigenvalue weighted by atomic mass is 10.2. The van der Waals surface area contributed by atoms with Gasteiger partial charge < -0.3 is 10.1 Å². The standard InChI is InChI=1S/C21H21NO4S/c1-14-9-11-15(12-10-14)22-20(24)13-27-19-8-3-2-5-16(19)21(25)26-18-7-4-6-17(18)23/h2-3,5,8-12,18H,4,6-7,13H2,1H3,(H,22,24)/t18-/m0/s1. The molecule has 1 fully saturated rings. The van der Waals surface area contributed by atoms with Crippen molar-refractivity contribution < 1.29 is 19.1 Å². The topological polar surface area (TPSA) is 72.5 Å². The predicted molar refractivity (Wildman–Crippen MR) is 105 cm³/mol. The quantitative estimate of drug-likeness (QED) is 0.603. The molecule has 0 saturated heterocycles. The maximum Gasteiger partial charge on any atom is 0.339 e. The summed E-state index contributed by atoms with van der Waals surface area (Å²) in [6.45, 7) is 1.98. The van der Waals surface area contributed by atoms with Gasteiger partial charge >= 0.3 is 5.97 Å². The monoisotopic (exact) mass is 383 g/mol. The number of esters is 1. The molecule has 1 amide bonds. The summed E-state index contributed by atoms with van der Waals surface area (Å²) in [4.78, 5) is 37.0. The number of hydrogen-bond acceptors (Lipinski definition) is 5. The molecular weight excluding hydrogens is 362 g/mol. The van der Waals surface area contributed by atoms with Crippen LogP contribution in [0.2, 0.25) is 0 Å². The van der Waals surface area contributed by atoms with E-state index in [1.165, 1.54) is 11.8 Å². The first-order chi connectivity index (χ1) is 13.0. The minimum Gasteiger partial charge on any atom is -0.451 e. The summed E-state index contributed by atoms with van der Waals surface area (Å²) in [6, 6.07) is 14.5. The molecule has 0 unspecified atom stereocenters. The molecule has 0 radical (unpaired) electrons. The largest absolute Gasteiger partial charge is 0.451 e. The maximum absolute atomic E-state index is 12.4. The van der Waals surface area contributed by atoms with Crippen LogP contribution in [0.15, 0.2) is 53.4 Å². The number of nitrogens with one attached hydrogen (secondary N) is 1. The van der Waals surface area contributed by atoms with Crippen LogP contribution in [-0.4, -0.2) is 29.5 Å². The third-order valence-electron chi connectivity index (χ3n) is 4.30. The Morgan fingerprint density at radius 3 is 2.59 bits per heavy atom. The van der Waals surface area contributed by atoms with E-state index in [-0.39, 0.29) is 17.4 Å². The third-order valence-corrected chi connectivity index (χ3v) is 5.37. The molecule has 0 spiro atoms. The Bertz CT molecular complexity index is 848. The van der Waals surface area contributed by atoms with E-state index in [1.807, 2.05) is 31.2 Å². The van der Waals surface area contributed by atoms with Gasteiger partial charge in [-0.1, -0.05) is 29.8 Å². The Morgan fingerprint density at radius 2 is 1.89 bits per heavy atom. The van der Waals surface area contributed by atoms with Crippen molar-refractivity contribution in [1.82, 2.24) is 0 Å². The predicted octanol–water partition coefficient (Wildman–Crippen LogP) is 4.00. The van der Waals surface area contributed by atoms with E-state index in [0.717, 1.165) is 17.7 Å². The Morgan fingerprint density at radius 1 is 1.15 bits per heavy atom. The van der Waals surface area contributed by atoms with Gasteiger partial charge in [0.05, 0.1) is 11.3 Å². The van der Waals surface area contributed by atoms with E-state index in [1.54, 1.807) is 24.3 Å². The average molecular weight is 383 g/mol. The molecule has 1 aliphatic carbocycles. The van der Waals surface area contributed by atoms with E-state index in [4.69, 9.17) is 4.74 Å². The second kappa shape index (κ2) is 8.86. The lowest BCUT2D eigenvalue weighted by Crippen LogP contribution is -2.22. The van der Waals surface area contributed by atoms with Crippen molar-refractivity contribution in [3.63, 3.8) is 0 Å². The fourth-order valence-corrected chi connectivity index (χ4v) is 3.68. The van der Waals surface area contributed by atoms with Crippen LogP contribution in [0.4, 0.5) is 5.69 Å². The minimum atomic E-state index is -0.639. The molecular formula is C21H21NO4S. The van der Waals surface area contributed by atoms with Gasteiger partial charge in [0, 0.05) is 17.0 Å². The van der Waals surface area contributed by atoms with Crippen molar-refractivity contribution in [2.75, 3.05) is 11.1 Å². The van der Waals surface area contributed by atoms with Crippen LogP contribution in [0.5, 0.6) is 0 Å². The lowest BCUT2D eigenvalue weighted by Gasteiger charge is -2.13. The highest BCUT2D eigenvalue weighted by molar-refractivity contribution is 8.00. The lowest BCUT2D eigenvalue weighted by molar-refractivity contribution is -0.124. The van der Waals surface area contributed by atoms with Crippen molar-refractivity contribution in [2.24, 2.45) is 0 Å². The number of rotatable bonds is 6. The number of ether oxygens (including phenoxy) is 1. The maximum atomic E-state index is 12.4. The zero-order valence-corrected chi connectivity index (χ0v) is 15.9. The molecule has 3 rings (SSSR count). The van der Waals surface area contributed by atoms with Gasteiger partial charge in [0.25, 0.3) is 0 Å². The van der Waals surface area contributed by atoms with Crippen molar-refractivity contribution >= 4 is 35.1 Å². The summed E-state index contributed by atoms with van der Waals surface area (Å²) in [7, 11) is 0. The molecule has 0 heterocycles. The Labute approximate surface area is 162 Å². The number of hydrogen-bond donors (Lipinski definition) is 1. The molecule has 2 aromatic carbocycles. The van der Waals surface area contributed by atoms with E-state index in [0.29, 0.717) is 23.3 Å². The number of Topliss-reactive ketones (excluding diaryl/α,β-unsaturated/α-hetero) is 1. The molecule has 6 heteroatoms. The van der Waals surface area contributed by atoms with Crippen molar-refractivity contribution in [3.05, 3.63) is 59.7 Å². The highest BCUT2D eigenvalue weighted by atomic mass is 32.2. The first-order valence-corrected chi connectivity index (χ1v) is 9.83. The average Bonchev–Trinajstić information content (AvgIpc) is 3.07. The van der Waals surface area contributed by atoms with Crippen LogP contribution in [0.1, 0.15) is 35.2 Å². The number of carbonyl (C=O) groups is 3. The van der Waals surface area contributed by atoms with Gasteiger partial charge in [-0.2, -0.15) is 0 Å². The number of thioether (sulfide) groups is 1. The molecule has 5 nitrogen and oxygen atoms in total. The molecule has 1 atom stereocenters. The van der Waals surface area contributed by atoms with E-state index in [2.05, 4.69) is 5.32 Å². The van der Waals surface area contributed by atoms with Gasteiger partial charge in [0.1, 0.15) is 0 Å². The van der Waals surface area contributed by atoms with Gasteiger partial charge in [-0.05, 0) is 44.0 Å². The molecule has 0 aliphatic heterocycles. The van der Waals surface area contributed by atoms with Crippen LogP contribution in [-0.2, 0) is 14.3 Å². The molecule has 1 saturated carbocycles. The zero-order chi connectivity index (χ0) is 19.2. The fourth-order valence-electron chi connectivity index (χ4n) is 2.84. The fraction of sp³-hybridized carbons (Fsp3) is 0.286. The number of anilines is 1. The highest BCUT2D eigenvalue weighted by Gasteiger charge is 2.29. The van der Waals surface area contributed by atoms with Gasteiger partial charge in [-0.3, -0.25) is 9.59 Å². The summed E-state index contributed by atoms with van der Waals surface area (Å²) in [5.41, 5.74) is 2.24. The minimum absolute atomic E-state index is 0.0223. The summed E-state index contributed by atoms with van der Waals surface area (Å²) >= 11 is 1.27. The summed E-state index contributed by atoms with van der Waals surface area (Å²) in [5, 5.41) is 2.83. The van der Waals surface area contributed by atoms with Gasteiger partial charge in [-0.25, -0.2) is 4.79 Å². The van der Waals surface area contributed by atoms with Crippen LogP contribution < -0.4 is 5.32 Å². The van der Waals surface area contributed by atoms with Crippen LogP contribution in [0.25, 0.3) is 0 Å². The number of ketones is 1. The SMILES string of the molecule is Cc1ccc(NC(=O)CSc2ccccc2C(=O)O[C@H]2CCCC2=O)cc1. The molecule has 27 heavy (non-hydrogen) atoms. The summed E-state index contributed by atoms with van der Waals surface area (Å²) in [5.74, 6) is -0.526. The van der Waals surface area contributed by atoms with Crippen molar-refractivity contribution in [3.8, 4) is 0 Å². The second-order valence-corrected chi connectivity index (χ2v) is 7.47. The first kappa shape index (κ1) is 19.2.